The minimum absolute atomic E-state index is 0.0819. The zero-order valence-corrected chi connectivity index (χ0v) is 14.6. The molecule has 26 heavy (non-hydrogen) atoms. The van der Waals surface area contributed by atoms with E-state index >= 15 is 0 Å². The number of rotatable bonds is 5. The Kier molecular flexibility index (Phi) is 4.72. The maximum Gasteiger partial charge on any atom is 0.174 e. The van der Waals surface area contributed by atoms with Crippen LogP contribution < -0.4 is 4.74 Å². The van der Waals surface area contributed by atoms with Gasteiger partial charge in [0.05, 0.1) is 6.04 Å². The van der Waals surface area contributed by atoms with Gasteiger partial charge in [0.15, 0.2) is 6.61 Å². The molecular weight excluding hydrogens is 322 g/mol. The van der Waals surface area contributed by atoms with Crippen molar-refractivity contribution < 1.29 is 4.74 Å². The smallest absolute Gasteiger partial charge is 0.174 e. The van der Waals surface area contributed by atoms with Crippen LogP contribution in [0.25, 0.3) is 0 Å². The molecular formula is C22H21N3O. The highest BCUT2D eigenvalue weighted by Gasteiger charge is 2.28. The average Bonchev–Trinajstić information content (AvgIpc) is 3.17. The minimum Gasteiger partial charge on any atom is -0.479 e. The standard InChI is InChI=1S/C22H21N3O/c23-12-16-26-20-10-8-18(9-11-20)17-25-15-14-24-13-4-7-21(24)22(25)19-5-2-1-3-6-19/h1-11,13,22H,14-17H2. The van der Waals surface area contributed by atoms with Crippen LogP contribution in [0.3, 0.4) is 0 Å². The molecule has 0 radical (unpaired) electrons. The lowest BCUT2D eigenvalue weighted by atomic mass is 9.99. The molecule has 1 aliphatic heterocycles. The van der Waals surface area contributed by atoms with E-state index in [4.69, 9.17) is 10.00 Å². The molecule has 0 bridgehead atoms. The second kappa shape index (κ2) is 7.47. The number of hydrogen-bond donors (Lipinski definition) is 0. The molecule has 0 saturated carbocycles. The van der Waals surface area contributed by atoms with Gasteiger partial charge < -0.3 is 9.30 Å². The maximum absolute atomic E-state index is 8.61. The van der Waals surface area contributed by atoms with E-state index in [0.29, 0.717) is 0 Å². The molecule has 3 aromatic rings. The molecule has 0 fully saturated rings. The molecule has 2 heterocycles. The van der Waals surface area contributed by atoms with Crippen LogP contribution >= 0.6 is 0 Å². The summed E-state index contributed by atoms with van der Waals surface area (Å²) in [5.41, 5.74) is 3.91. The molecule has 1 aromatic heterocycles. The quantitative estimate of drug-likeness (QED) is 0.703. The van der Waals surface area contributed by atoms with Gasteiger partial charge in [0.25, 0.3) is 0 Å². The van der Waals surface area contributed by atoms with Crippen molar-refractivity contribution in [1.82, 2.24) is 9.47 Å². The van der Waals surface area contributed by atoms with Gasteiger partial charge in [-0.15, -0.1) is 0 Å². The van der Waals surface area contributed by atoms with Gasteiger partial charge in [-0.2, -0.15) is 5.26 Å². The Morgan fingerprint density at radius 1 is 0.962 bits per heavy atom. The molecule has 4 heteroatoms. The number of nitrogens with zero attached hydrogens (tertiary/aromatic N) is 3. The summed E-state index contributed by atoms with van der Waals surface area (Å²) < 4.78 is 7.70. The Hall–Kier alpha value is -3.03. The zero-order valence-electron chi connectivity index (χ0n) is 14.6. The molecule has 4 rings (SSSR count). The highest BCUT2D eigenvalue weighted by molar-refractivity contribution is 5.32. The predicted molar refractivity (Wildman–Crippen MR) is 101 cm³/mol. The van der Waals surface area contributed by atoms with E-state index < -0.39 is 0 Å². The topological polar surface area (TPSA) is 41.2 Å². The normalized spacial score (nSPS) is 16.7. The van der Waals surface area contributed by atoms with Crippen molar-refractivity contribution in [3.05, 3.63) is 89.7 Å². The lowest BCUT2D eigenvalue weighted by molar-refractivity contribution is 0.174. The zero-order chi connectivity index (χ0) is 17.8. The van der Waals surface area contributed by atoms with Crippen molar-refractivity contribution >= 4 is 0 Å². The molecule has 0 aliphatic carbocycles. The van der Waals surface area contributed by atoms with Crippen molar-refractivity contribution in [3.8, 4) is 11.8 Å². The third-order valence-corrected chi connectivity index (χ3v) is 4.87. The first-order valence-electron chi connectivity index (χ1n) is 8.88. The number of aromatic nitrogens is 1. The Morgan fingerprint density at radius 2 is 1.77 bits per heavy atom. The highest BCUT2D eigenvalue weighted by Crippen LogP contribution is 2.33. The minimum atomic E-state index is 0.0819. The molecule has 0 amide bonds. The summed E-state index contributed by atoms with van der Waals surface area (Å²) in [4.78, 5) is 2.52. The van der Waals surface area contributed by atoms with Gasteiger partial charge in [-0.25, -0.2) is 0 Å². The second-order valence-corrected chi connectivity index (χ2v) is 6.50. The van der Waals surface area contributed by atoms with Crippen molar-refractivity contribution in [2.75, 3.05) is 13.2 Å². The van der Waals surface area contributed by atoms with Gasteiger partial charge in [0.1, 0.15) is 11.8 Å². The van der Waals surface area contributed by atoms with E-state index in [0.717, 1.165) is 25.4 Å². The van der Waals surface area contributed by atoms with Crippen LogP contribution in [0.5, 0.6) is 5.75 Å². The van der Waals surface area contributed by atoms with Crippen LogP contribution in [0.2, 0.25) is 0 Å². The first kappa shape index (κ1) is 16.4. The van der Waals surface area contributed by atoms with Crippen molar-refractivity contribution in [1.29, 1.82) is 5.26 Å². The number of ether oxygens (including phenoxy) is 1. The summed E-state index contributed by atoms with van der Waals surface area (Å²) in [6.07, 6.45) is 2.17. The van der Waals surface area contributed by atoms with Gasteiger partial charge in [0, 0.05) is 31.5 Å². The molecule has 1 aliphatic rings. The maximum atomic E-state index is 8.61. The van der Waals surface area contributed by atoms with Crippen molar-refractivity contribution in [2.45, 2.75) is 19.1 Å². The van der Waals surface area contributed by atoms with Gasteiger partial charge in [0.2, 0.25) is 0 Å². The lowest BCUT2D eigenvalue weighted by Crippen LogP contribution is -2.37. The van der Waals surface area contributed by atoms with Crippen LogP contribution in [0.1, 0.15) is 22.9 Å². The van der Waals surface area contributed by atoms with Crippen LogP contribution in [-0.4, -0.2) is 22.6 Å². The second-order valence-electron chi connectivity index (χ2n) is 6.50. The lowest BCUT2D eigenvalue weighted by Gasteiger charge is -2.37. The first-order valence-corrected chi connectivity index (χ1v) is 8.88. The summed E-state index contributed by atoms with van der Waals surface area (Å²) >= 11 is 0. The van der Waals surface area contributed by atoms with E-state index in [-0.39, 0.29) is 12.6 Å². The molecule has 0 saturated heterocycles. The average molecular weight is 343 g/mol. The number of fused-ring (bicyclic) bond motifs is 1. The third kappa shape index (κ3) is 3.35. The van der Waals surface area contributed by atoms with Gasteiger partial charge >= 0.3 is 0 Å². The molecule has 0 N–H and O–H groups in total. The fraction of sp³-hybridized carbons (Fsp3) is 0.227. The summed E-state index contributed by atoms with van der Waals surface area (Å²) in [6, 6.07) is 25.4. The number of hydrogen-bond acceptors (Lipinski definition) is 3. The summed E-state index contributed by atoms with van der Waals surface area (Å²) in [5.74, 6) is 0.738. The van der Waals surface area contributed by atoms with Gasteiger partial charge in [-0.05, 0) is 35.4 Å². The van der Waals surface area contributed by atoms with Gasteiger partial charge in [-0.1, -0.05) is 42.5 Å². The van der Waals surface area contributed by atoms with Crippen LogP contribution in [0.4, 0.5) is 0 Å². The van der Waals surface area contributed by atoms with Crippen LogP contribution in [-0.2, 0) is 13.1 Å². The van der Waals surface area contributed by atoms with Crippen molar-refractivity contribution in [2.24, 2.45) is 0 Å². The highest BCUT2D eigenvalue weighted by atomic mass is 16.5. The molecule has 0 spiro atoms. The Morgan fingerprint density at radius 3 is 2.54 bits per heavy atom. The monoisotopic (exact) mass is 343 g/mol. The molecule has 1 unspecified atom stereocenters. The number of benzene rings is 2. The number of nitriles is 1. The van der Waals surface area contributed by atoms with Crippen molar-refractivity contribution in [3.63, 3.8) is 0 Å². The molecule has 2 aromatic carbocycles. The van der Waals surface area contributed by atoms with E-state index in [1.807, 2.05) is 18.2 Å². The summed E-state index contributed by atoms with van der Waals surface area (Å²) in [5, 5.41) is 8.61. The predicted octanol–water partition coefficient (Wildman–Crippen LogP) is 4.00. The van der Waals surface area contributed by atoms with Crippen LogP contribution in [0.15, 0.2) is 72.9 Å². The molecule has 4 nitrogen and oxygen atoms in total. The Bertz CT molecular complexity index is 893. The fourth-order valence-electron chi connectivity index (χ4n) is 3.66. The largest absolute Gasteiger partial charge is 0.479 e. The first-order chi connectivity index (χ1) is 12.8. The summed E-state index contributed by atoms with van der Waals surface area (Å²) in [7, 11) is 0. The Balaban J connectivity index is 1.58. The molecule has 1 atom stereocenters. The van der Waals surface area contributed by atoms with Gasteiger partial charge in [-0.3, -0.25) is 4.90 Å². The van der Waals surface area contributed by atoms with E-state index in [1.165, 1.54) is 16.8 Å². The third-order valence-electron chi connectivity index (χ3n) is 4.87. The molecule has 130 valence electrons. The Labute approximate surface area is 153 Å². The SMILES string of the molecule is N#CCOc1ccc(CN2CCn3cccc3C2c2ccccc2)cc1. The van der Waals surface area contributed by atoms with E-state index in [2.05, 4.69) is 70.3 Å². The van der Waals surface area contributed by atoms with Crippen LogP contribution in [0, 0.1) is 11.3 Å². The van der Waals surface area contributed by atoms with E-state index in [1.54, 1.807) is 0 Å². The summed E-state index contributed by atoms with van der Waals surface area (Å²) in [6.45, 7) is 2.98. The van der Waals surface area contributed by atoms with E-state index in [9.17, 15) is 0 Å². The fourth-order valence-corrected chi connectivity index (χ4v) is 3.66.